The van der Waals surface area contributed by atoms with Crippen LogP contribution < -0.4 is 16.4 Å². The second kappa shape index (κ2) is 9.00. The number of aromatic nitrogens is 1. The van der Waals surface area contributed by atoms with E-state index in [4.69, 9.17) is 10.8 Å². The molecule has 2 aromatic rings. The van der Waals surface area contributed by atoms with Gasteiger partial charge in [0.2, 0.25) is 11.8 Å². The Kier molecular flexibility index (Phi) is 6.72. The van der Waals surface area contributed by atoms with Crippen molar-refractivity contribution in [1.29, 1.82) is 0 Å². The largest absolute Gasteiger partial charge is 0.481 e. The summed E-state index contributed by atoms with van der Waals surface area (Å²) in [6.07, 6.45) is 0.926. The zero-order valence-corrected chi connectivity index (χ0v) is 15.1. The molecule has 0 radical (unpaired) electrons. The van der Waals surface area contributed by atoms with E-state index >= 15 is 0 Å². The van der Waals surface area contributed by atoms with E-state index < -0.39 is 48.3 Å². The van der Waals surface area contributed by atoms with Gasteiger partial charge in [0.15, 0.2) is 0 Å². The average molecular weight is 390 g/mol. The first-order valence-corrected chi connectivity index (χ1v) is 8.55. The summed E-state index contributed by atoms with van der Waals surface area (Å²) in [5, 5.41) is 23.8. The fourth-order valence-electron chi connectivity index (χ4n) is 2.68. The smallest absolute Gasteiger partial charge is 0.326 e. The Labute approximate surface area is 160 Å². The van der Waals surface area contributed by atoms with E-state index in [0.717, 1.165) is 10.9 Å². The van der Waals surface area contributed by atoms with Crippen molar-refractivity contribution >= 4 is 34.7 Å². The van der Waals surface area contributed by atoms with Gasteiger partial charge < -0.3 is 31.6 Å². The normalized spacial score (nSPS) is 14.1. The molecule has 0 aliphatic heterocycles. The molecular weight excluding hydrogens is 368 g/mol. The number of aliphatic carboxylic acids is 2. The minimum atomic E-state index is -1.44. The van der Waals surface area contributed by atoms with E-state index in [9.17, 15) is 24.3 Å². The molecule has 0 spiro atoms. The number of nitrogens with two attached hydrogens (primary N) is 1. The van der Waals surface area contributed by atoms with Crippen LogP contribution in [0.5, 0.6) is 0 Å². The van der Waals surface area contributed by atoms with Gasteiger partial charge in [-0.15, -0.1) is 0 Å². The third-order valence-corrected chi connectivity index (χ3v) is 4.14. The fraction of sp³-hybridized carbons (Fsp3) is 0.333. The van der Waals surface area contributed by atoms with E-state index in [1.54, 1.807) is 12.3 Å². The summed E-state index contributed by atoms with van der Waals surface area (Å²) in [6.45, 7) is 1.38. The van der Waals surface area contributed by atoms with Crippen LogP contribution >= 0.6 is 0 Å². The number of hydrogen-bond acceptors (Lipinski definition) is 5. The van der Waals surface area contributed by atoms with Crippen molar-refractivity contribution in [1.82, 2.24) is 15.6 Å². The van der Waals surface area contributed by atoms with Crippen molar-refractivity contribution in [2.75, 3.05) is 0 Å². The average Bonchev–Trinajstić information content (AvgIpc) is 3.03. The third-order valence-electron chi connectivity index (χ3n) is 4.14. The first-order chi connectivity index (χ1) is 13.2. The van der Waals surface area contributed by atoms with E-state index in [1.807, 2.05) is 18.2 Å². The van der Waals surface area contributed by atoms with Gasteiger partial charge in [0.1, 0.15) is 12.1 Å². The molecule has 0 bridgehead atoms. The molecule has 7 N–H and O–H groups in total. The zero-order valence-electron chi connectivity index (χ0n) is 15.1. The van der Waals surface area contributed by atoms with Crippen molar-refractivity contribution in [3.8, 4) is 0 Å². The zero-order chi connectivity index (χ0) is 20.8. The minimum absolute atomic E-state index is 0.0217. The molecule has 0 saturated carbocycles. The number of amides is 2. The number of fused-ring (bicyclic) bond motifs is 1. The summed E-state index contributed by atoms with van der Waals surface area (Å²) in [4.78, 5) is 49.8. The molecule has 0 aliphatic rings. The Hall–Kier alpha value is -3.40. The lowest BCUT2D eigenvalue weighted by Crippen LogP contribution is -2.55. The SMILES string of the molecule is C[C@H](N)C(=O)N[C@@H](CC(=O)O)C(=O)N[C@@H](Cc1c[nH]c2ccccc12)C(=O)O. The Morgan fingerprint density at radius 1 is 1.07 bits per heavy atom. The maximum Gasteiger partial charge on any atom is 0.326 e. The predicted octanol–water partition coefficient (Wildman–Crippen LogP) is -0.413. The number of nitrogens with one attached hydrogen (secondary N) is 3. The monoisotopic (exact) mass is 390 g/mol. The maximum absolute atomic E-state index is 12.4. The third kappa shape index (κ3) is 5.30. The Bertz CT molecular complexity index is 891. The van der Waals surface area contributed by atoms with Gasteiger partial charge in [0.25, 0.3) is 0 Å². The van der Waals surface area contributed by atoms with Gasteiger partial charge >= 0.3 is 11.9 Å². The first kappa shape index (κ1) is 20.9. The second-order valence-electron chi connectivity index (χ2n) is 6.41. The molecule has 2 rings (SSSR count). The van der Waals surface area contributed by atoms with Gasteiger partial charge in [-0.05, 0) is 18.6 Å². The van der Waals surface area contributed by atoms with Gasteiger partial charge in [-0.3, -0.25) is 14.4 Å². The summed E-state index contributed by atoms with van der Waals surface area (Å²) in [6, 6.07) is 3.58. The molecule has 10 nitrogen and oxygen atoms in total. The number of carbonyl (C=O) groups is 4. The van der Waals surface area contributed by atoms with Crippen LogP contribution in [0, 0.1) is 0 Å². The lowest BCUT2D eigenvalue weighted by molar-refractivity contribution is -0.143. The summed E-state index contributed by atoms with van der Waals surface area (Å²) in [5.74, 6) is -4.24. The van der Waals surface area contributed by atoms with Crippen LogP contribution in [0.4, 0.5) is 0 Å². The van der Waals surface area contributed by atoms with Gasteiger partial charge in [0.05, 0.1) is 12.5 Å². The standard InChI is InChI=1S/C18H22N4O6/c1-9(19)16(25)21-13(7-15(23)24)17(26)22-14(18(27)28)6-10-8-20-12-5-3-2-4-11(10)12/h2-5,8-9,13-14,20H,6-7,19H2,1H3,(H,21,25)(H,22,26)(H,23,24)(H,27,28)/t9-,13-,14-/m0/s1. The molecule has 0 saturated heterocycles. The van der Waals surface area contributed by atoms with Crippen LogP contribution in [0.25, 0.3) is 10.9 Å². The van der Waals surface area contributed by atoms with E-state index in [2.05, 4.69) is 15.6 Å². The van der Waals surface area contributed by atoms with Gasteiger partial charge in [-0.25, -0.2) is 4.79 Å². The molecule has 0 aliphatic carbocycles. The molecule has 2 amide bonds. The summed E-state index contributed by atoms with van der Waals surface area (Å²) >= 11 is 0. The highest BCUT2D eigenvalue weighted by Crippen LogP contribution is 2.19. The van der Waals surface area contributed by atoms with Crippen LogP contribution in [-0.2, 0) is 25.6 Å². The summed E-state index contributed by atoms with van der Waals surface area (Å²) in [7, 11) is 0. The van der Waals surface area contributed by atoms with E-state index in [1.165, 1.54) is 6.92 Å². The highest BCUT2D eigenvalue weighted by molar-refractivity contribution is 5.94. The molecular formula is C18H22N4O6. The molecule has 3 atom stereocenters. The molecule has 1 aromatic heterocycles. The molecule has 1 aromatic carbocycles. The van der Waals surface area contributed by atoms with Crippen molar-refractivity contribution in [3.63, 3.8) is 0 Å². The highest BCUT2D eigenvalue weighted by atomic mass is 16.4. The molecule has 1 heterocycles. The van der Waals surface area contributed by atoms with Crippen molar-refractivity contribution in [2.45, 2.75) is 37.9 Å². The van der Waals surface area contributed by atoms with Crippen molar-refractivity contribution < 1.29 is 29.4 Å². The summed E-state index contributed by atoms with van der Waals surface area (Å²) in [5.41, 5.74) is 6.92. The van der Waals surface area contributed by atoms with Crippen molar-refractivity contribution in [2.24, 2.45) is 5.73 Å². The number of benzene rings is 1. The van der Waals surface area contributed by atoms with Crippen LogP contribution in [0.1, 0.15) is 18.9 Å². The Balaban J connectivity index is 2.16. The predicted molar refractivity (Wildman–Crippen MR) is 99.4 cm³/mol. The fourth-order valence-corrected chi connectivity index (χ4v) is 2.68. The Morgan fingerprint density at radius 2 is 1.71 bits per heavy atom. The number of carbonyl (C=O) groups excluding carboxylic acids is 2. The number of rotatable bonds is 9. The quantitative estimate of drug-likeness (QED) is 0.337. The topological polar surface area (TPSA) is 175 Å². The van der Waals surface area contributed by atoms with Crippen LogP contribution in [0.3, 0.4) is 0 Å². The van der Waals surface area contributed by atoms with E-state index in [-0.39, 0.29) is 6.42 Å². The summed E-state index contributed by atoms with van der Waals surface area (Å²) < 4.78 is 0. The number of carboxylic acid groups (broad SMARTS) is 2. The van der Waals surface area contributed by atoms with Gasteiger partial charge in [-0.1, -0.05) is 18.2 Å². The second-order valence-corrected chi connectivity index (χ2v) is 6.41. The van der Waals surface area contributed by atoms with Crippen molar-refractivity contribution in [3.05, 3.63) is 36.0 Å². The number of para-hydroxylation sites is 1. The number of carboxylic acids is 2. The van der Waals surface area contributed by atoms with Gasteiger partial charge in [0, 0.05) is 23.5 Å². The van der Waals surface area contributed by atoms with Crippen LogP contribution in [-0.4, -0.2) is 57.1 Å². The van der Waals surface area contributed by atoms with Crippen LogP contribution in [0.2, 0.25) is 0 Å². The minimum Gasteiger partial charge on any atom is -0.481 e. The number of aromatic amines is 1. The number of hydrogen-bond donors (Lipinski definition) is 6. The molecule has 0 fully saturated rings. The van der Waals surface area contributed by atoms with Gasteiger partial charge in [-0.2, -0.15) is 0 Å². The molecule has 0 unspecified atom stereocenters. The maximum atomic E-state index is 12.4. The molecule has 28 heavy (non-hydrogen) atoms. The number of H-pyrrole nitrogens is 1. The first-order valence-electron chi connectivity index (χ1n) is 8.55. The lowest BCUT2D eigenvalue weighted by Gasteiger charge is -2.21. The Morgan fingerprint density at radius 3 is 2.32 bits per heavy atom. The highest BCUT2D eigenvalue weighted by Gasteiger charge is 2.29. The molecule has 10 heteroatoms. The molecule has 150 valence electrons. The lowest BCUT2D eigenvalue weighted by atomic mass is 10.0. The van der Waals surface area contributed by atoms with Crippen LogP contribution in [0.15, 0.2) is 30.5 Å². The van der Waals surface area contributed by atoms with E-state index in [0.29, 0.717) is 5.56 Å².